The van der Waals surface area contributed by atoms with Gasteiger partial charge in [0.1, 0.15) is 0 Å². The van der Waals surface area contributed by atoms with Crippen LogP contribution in [-0.4, -0.2) is 63.2 Å². The summed E-state index contributed by atoms with van der Waals surface area (Å²) in [4.78, 5) is 17.7. The number of anilines is 2. The van der Waals surface area contributed by atoms with Gasteiger partial charge < -0.3 is 15.1 Å². The lowest BCUT2D eigenvalue weighted by molar-refractivity contribution is 0.208. The highest BCUT2D eigenvalue weighted by Crippen LogP contribution is 2.19. The number of fused-ring (bicyclic) bond motifs is 1. The molecule has 2 aromatic heterocycles. The Morgan fingerprint density at radius 3 is 2.56 bits per heavy atom. The molecule has 27 heavy (non-hydrogen) atoms. The van der Waals surface area contributed by atoms with Gasteiger partial charge in [-0.25, -0.2) is 4.79 Å². The third kappa shape index (κ3) is 3.68. The van der Waals surface area contributed by atoms with Crippen LogP contribution in [0.25, 0.3) is 5.65 Å². The number of aromatic nitrogens is 4. The molecule has 1 N–H and O–H groups in total. The van der Waals surface area contributed by atoms with E-state index in [2.05, 4.69) is 25.5 Å². The summed E-state index contributed by atoms with van der Waals surface area (Å²) in [5.74, 6) is 0.767. The molecule has 2 amide bonds. The predicted octanol–water partition coefficient (Wildman–Crippen LogP) is 2.51. The van der Waals surface area contributed by atoms with Crippen molar-refractivity contribution in [2.75, 3.05) is 42.7 Å². The van der Waals surface area contributed by atoms with Crippen LogP contribution in [0.5, 0.6) is 0 Å². The Balaban J connectivity index is 1.36. The van der Waals surface area contributed by atoms with E-state index in [4.69, 9.17) is 0 Å². The van der Waals surface area contributed by atoms with Crippen LogP contribution < -0.4 is 10.2 Å². The third-order valence-electron chi connectivity index (χ3n) is 4.68. The fourth-order valence-electron chi connectivity index (χ4n) is 3.11. The molecule has 1 saturated heterocycles. The Bertz CT molecular complexity index is 948. The maximum absolute atomic E-state index is 12.5. The predicted molar refractivity (Wildman–Crippen MR) is 107 cm³/mol. The van der Waals surface area contributed by atoms with Gasteiger partial charge in [-0.2, -0.15) is 9.61 Å². The molecule has 0 saturated carbocycles. The van der Waals surface area contributed by atoms with Crippen LogP contribution in [0.1, 0.15) is 5.82 Å². The molecule has 3 aromatic rings. The zero-order valence-corrected chi connectivity index (χ0v) is 16.1. The summed E-state index contributed by atoms with van der Waals surface area (Å²) < 4.78 is 1.72. The van der Waals surface area contributed by atoms with Crippen molar-refractivity contribution in [1.29, 1.82) is 0 Å². The van der Waals surface area contributed by atoms with Crippen molar-refractivity contribution in [3.05, 3.63) is 42.4 Å². The van der Waals surface area contributed by atoms with Crippen LogP contribution in [0.2, 0.25) is 0 Å². The largest absolute Gasteiger partial charge is 0.367 e. The molecule has 1 aromatic carbocycles. The molecule has 8 nitrogen and oxygen atoms in total. The maximum atomic E-state index is 12.5. The molecule has 0 unspecified atom stereocenters. The Kier molecular flexibility index (Phi) is 4.85. The average molecular weight is 383 g/mol. The van der Waals surface area contributed by atoms with E-state index in [1.165, 1.54) is 4.90 Å². The maximum Gasteiger partial charge on any atom is 0.321 e. The summed E-state index contributed by atoms with van der Waals surface area (Å²) >= 11 is 1.68. The lowest BCUT2D eigenvalue weighted by atomic mass is 10.3. The first-order valence-electron chi connectivity index (χ1n) is 8.77. The Labute approximate surface area is 161 Å². The molecular weight excluding hydrogens is 362 g/mol. The van der Waals surface area contributed by atoms with E-state index in [0.717, 1.165) is 35.9 Å². The second kappa shape index (κ2) is 7.43. The molecular formula is C18H21N7OS. The van der Waals surface area contributed by atoms with E-state index in [0.29, 0.717) is 13.1 Å². The smallest absolute Gasteiger partial charge is 0.321 e. The Morgan fingerprint density at radius 1 is 1.11 bits per heavy atom. The summed E-state index contributed by atoms with van der Waals surface area (Å²) in [5.41, 5.74) is 2.55. The number of thioether (sulfide) groups is 1. The number of aryl methyl sites for hydroxylation is 1. The standard InChI is InChI=1S/C18H21N7OS/c1-13-21-22-17-11-15(12-19-25(13)17)23-7-9-24(10-8-23)18(26)20-14-3-5-16(27-2)6-4-14/h3-6,11-12H,7-10H2,1-2H3,(H,20,26). The fraction of sp³-hybridized carbons (Fsp3) is 0.333. The van der Waals surface area contributed by atoms with Crippen molar-refractivity contribution >= 4 is 34.8 Å². The zero-order chi connectivity index (χ0) is 18.8. The van der Waals surface area contributed by atoms with Crippen molar-refractivity contribution in [2.24, 2.45) is 0 Å². The van der Waals surface area contributed by atoms with Gasteiger partial charge in [0.05, 0.1) is 11.9 Å². The lowest BCUT2D eigenvalue weighted by Crippen LogP contribution is -2.50. The highest BCUT2D eigenvalue weighted by molar-refractivity contribution is 7.98. The van der Waals surface area contributed by atoms with Gasteiger partial charge in [-0.05, 0) is 37.4 Å². The summed E-state index contributed by atoms with van der Waals surface area (Å²) in [7, 11) is 0. The van der Waals surface area contributed by atoms with Gasteiger partial charge in [0.2, 0.25) is 0 Å². The fourth-order valence-corrected chi connectivity index (χ4v) is 3.52. The minimum absolute atomic E-state index is 0.0618. The summed E-state index contributed by atoms with van der Waals surface area (Å²) in [5, 5.41) is 15.5. The minimum Gasteiger partial charge on any atom is -0.367 e. The van der Waals surface area contributed by atoms with Crippen molar-refractivity contribution in [3.8, 4) is 0 Å². The van der Waals surface area contributed by atoms with E-state index in [1.807, 2.05) is 54.6 Å². The van der Waals surface area contributed by atoms with E-state index >= 15 is 0 Å². The lowest BCUT2D eigenvalue weighted by Gasteiger charge is -2.35. The van der Waals surface area contributed by atoms with E-state index in [9.17, 15) is 4.79 Å². The molecule has 0 bridgehead atoms. The van der Waals surface area contributed by atoms with Crippen molar-refractivity contribution in [1.82, 2.24) is 24.7 Å². The van der Waals surface area contributed by atoms with Crippen LogP contribution in [0.15, 0.2) is 41.4 Å². The van der Waals surface area contributed by atoms with Gasteiger partial charge in [0, 0.05) is 42.8 Å². The number of nitrogens with one attached hydrogen (secondary N) is 1. The van der Waals surface area contributed by atoms with Gasteiger partial charge in [-0.3, -0.25) is 0 Å². The van der Waals surface area contributed by atoms with Gasteiger partial charge in [0.15, 0.2) is 11.5 Å². The molecule has 0 spiro atoms. The van der Waals surface area contributed by atoms with Crippen LogP contribution in [0, 0.1) is 6.92 Å². The van der Waals surface area contributed by atoms with Gasteiger partial charge in [-0.15, -0.1) is 22.0 Å². The molecule has 0 aliphatic carbocycles. The molecule has 1 aliphatic heterocycles. The first-order valence-corrected chi connectivity index (χ1v) is 9.99. The zero-order valence-electron chi connectivity index (χ0n) is 15.3. The molecule has 4 rings (SSSR count). The molecule has 1 aliphatic rings. The SMILES string of the molecule is CSc1ccc(NC(=O)N2CCN(c3cnn4c(C)nnc4c3)CC2)cc1. The van der Waals surface area contributed by atoms with E-state index in [-0.39, 0.29) is 6.03 Å². The topological polar surface area (TPSA) is 78.7 Å². The number of rotatable bonds is 3. The summed E-state index contributed by atoms with van der Waals surface area (Å²) in [6, 6.07) is 9.80. The number of hydrogen-bond donors (Lipinski definition) is 1. The molecule has 0 atom stereocenters. The number of amides is 2. The van der Waals surface area contributed by atoms with Crippen molar-refractivity contribution in [3.63, 3.8) is 0 Å². The number of urea groups is 1. The molecule has 9 heteroatoms. The highest BCUT2D eigenvalue weighted by Gasteiger charge is 2.22. The number of benzene rings is 1. The molecule has 1 fully saturated rings. The quantitative estimate of drug-likeness (QED) is 0.700. The molecule has 140 valence electrons. The van der Waals surface area contributed by atoms with Crippen molar-refractivity contribution in [2.45, 2.75) is 11.8 Å². The molecule has 0 radical (unpaired) electrons. The van der Waals surface area contributed by atoms with E-state index in [1.54, 1.807) is 16.3 Å². The number of hydrogen-bond acceptors (Lipinski definition) is 6. The number of nitrogens with zero attached hydrogens (tertiary/aromatic N) is 6. The minimum atomic E-state index is -0.0618. The first kappa shape index (κ1) is 17.6. The average Bonchev–Trinajstić information content (AvgIpc) is 3.09. The number of carbonyl (C=O) groups is 1. The van der Waals surface area contributed by atoms with Gasteiger partial charge in [-0.1, -0.05) is 0 Å². The van der Waals surface area contributed by atoms with Crippen LogP contribution >= 0.6 is 11.8 Å². The van der Waals surface area contributed by atoms with E-state index < -0.39 is 0 Å². The van der Waals surface area contributed by atoms with Gasteiger partial charge in [0.25, 0.3) is 0 Å². The summed E-state index contributed by atoms with van der Waals surface area (Å²) in [6.45, 7) is 4.70. The Morgan fingerprint density at radius 2 is 1.85 bits per heavy atom. The highest BCUT2D eigenvalue weighted by atomic mass is 32.2. The first-order chi connectivity index (χ1) is 13.1. The Hall–Kier alpha value is -2.81. The number of carbonyl (C=O) groups excluding carboxylic acids is 1. The van der Waals surface area contributed by atoms with Crippen LogP contribution in [0.4, 0.5) is 16.2 Å². The van der Waals surface area contributed by atoms with Crippen LogP contribution in [-0.2, 0) is 0 Å². The van der Waals surface area contributed by atoms with Crippen molar-refractivity contribution < 1.29 is 4.79 Å². The molecule has 3 heterocycles. The number of piperazine rings is 1. The third-order valence-corrected chi connectivity index (χ3v) is 5.42. The normalized spacial score (nSPS) is 14.6. The monoisotopic (exact) mass is 383 g/mol. The second-order valence-corrected chi connectivity index (χ2v) is 7.24. The second-order valence-electron chi connectivity index (χ2n) is 6.36. The van der Waals surface area contributed by atoms with Crippen LogP contribution in [0.3, 0.4) is 0 Å². The van der Waals surface area contributed by atoms with Gasteiger partial charge >= 0.3 is 6.03 Å². The summed E-state index contributed by atoms with van der Waals surface area (Å²) in [6.07, 6.45) is 3.86.